The van der Waals surface area contributed by atoms with Gasteiger partial charge in [-0.2, -0.15) is 0 Å². The Hall–Kier alpha value is -1.06. The van der Waals surface area contributed by atoms with Gasteiger partial charge in [-0.05, 0) is 32.6 Å². The van der Waals surface area contributed by atoms with Crippen LogP contribution >= 0.6 is 0 Å². The van der Waals surface area contributed by atoms with Gasteiger partial charge in [0, 0.05) is 12.1 Å². The lowest BCUT2D eigenvalue weighted by Gasteiger charge is -2.22. The molecule has 0 aromatic carbocycles. The molecule has 0 aromatic rings. The van der Waals surface area contributed by atoms with Gasteiger partial charge in [-0.25, -0.2) is 0 Å². The molecule has 2 aliphatic carbocycles. The van der Waals surface area contributed by atoms with E-state index in [0.717, 1.165) is 25.7 Å². The molecule has 2 aliphatic rings. The second-order valence-corrected chi connectivity index (χ2v) is 6.11. The fourth-order valence-corrected chi connectivity index (χ4v) is 2.78. The van der Waals surface area contributed by atoms with Crippen molar-refractivity contribution >= 4 is 11.8 Å². The molecule has 2 N–H and O–H groups in total. The van der Waals surface area contributed by atoms with E-state index in [1.165, 1.54) is 19.3 Å². The van der Waals surface area contributed by atoms with Gasteiger partial charge in [0.05, 0.1) is 11.8 Å². The zero-order valence-corrected chi connectivity index (χ0v) is 12.1. The maximum Gasteiger partial charge on any atom is 0.224 e. The molecule has 0 bridgehead atoms. The molecule has 0 radical (unpaired) electrons. The maximum absolute atomic E-state index is 12.1. The average Bonchev–Trinajstić information content (AvgIpc) is 3.20. The summed E-state index contributed by atoms with van der Waals surface area (Å²) in [4.78, 5) is 23.9. The van der Waals surface area contributed by atoms with Crippen LogP contribution in [0.15, 0.2) is 0 Å². The minimum Gasteiger partial charge on any atom is -0.353 e. The van der Waals surface area contributed by atoms with E-state index >= 15 is 0 Å². The SMILES string of the molecule is CCC(C)NC(=O)C1CC1C(=O)NC1CCCCC1. The van der Waals surface area contributed by atoms with Crippen molar-refractivity contribution in [3.05, 3.63) is 0 Å². The molecule has 0 aromatic heterocycles. The Morgan fingerprint density at radius 1 is 1.11 bits per heavy atom. The van der Waals surface area contributed by atoms with E-state index in [1.807, 2.05) is 13.8 Å². The van der Waals surface area contributed by atoms with Crippen molar-refractivity contribution in [2.45, 2.75) is 70.9 Å². The summed E-state index contributed by atoms with van der Waals surface area (Å²) in [6.45, 7) is 4.04. The number of carbonyl (C=O) groups is 2. The van der Waals surface area contributed by atoms with Crippen LogP contribution in [-0.2, 0) is 9.59 Å². The summed E-state index contributed by atoms with van der Waals surface area (Å²) < 4.78 is 0. The minimum atomic E-state index is -0.0856. The van der Waals surface area contributed by atoms with Gasteiger partial charge in [-0.15, -0.1) is 0 Å². The van der Waals surface area contributed by atoms with Crippen molar-refractivity contribution in [2.75, 3.05) is 0 Å². The Morgan fingerprint density at radius 3 is 2.37 bits per heavy atom. The first-order chi connectivity index (χ1) is 9.11. The van der Waals surface area contributed by atoms with E-state index in [2.05, 4.69) is 10.6 Å². The van der Waals surface area contributed by atoms with Gasteiger partial charge < -0.3 is 10.6 Å². The molecule has 4 nitrogen and oxygen atoms in total. The Kier molecular flexibility index (Phi) is 4.83. The predicted molar refractivity (Wildman–Crippen MR) is 74.5 cm³/mol. The number of hydrogen-bond donors (Lipinski definition) is 2. The molecule has 0 saturated heterocycles. The molecule has 108 valence electrons. The van der Waals surface area contributed by atoms with Crippen LogP contribution in [0.3, 0.4) is 0 Å². The van der Waals surface area contributed by atoms with Gasteiger partial charge >= 0.3 is 0 Å². The molecule has 19 heavy (non-hydrogen) atoms. The van der Waals surface area contributed by atoms with Crippen molar-refractivity contribution in [3.8, 4) is 0 Å². The first-order valence-electron chi connectivity index (χ1n) is 7.72. The van der Waals surface area contributed by atoms with Crippen LogP contribution < -0.4 is 10.6 Å². The Bertz CT molecular complexity index is 337. The standard InChI is InChI=1S/C15H26N2O2/c1-3-10(2)16-14(18)12-9-13(12)15(19)17-11-7-5-4-6-8-11/h10-13H,3-9H2,1-2H3,(H,16,18)(H,17,19). The molecule has 0 aliphatic heterocycles. The lowest BCUT2D eigenvalue weighted by atomic mass is 9.95. The third-order valence-corrected chi connectivity index (χ3v) is 4.42. The first kappa shape index (κ1) is 14.4. The summed E-state index contributed by atoms with van der Waals surface area (Å²) in [7, 11) is 0. The van der Waals surface area contributed by atoms with Gasteiger partial charge in [-0.3, -0.25) is 9.59 Å². The normalized spacial score (nSPS) is 28.5. The molecule has 0 spiro atoms. The molecule has 0 heterocycles. The second kappa shape index (κ2) is 6.40. The van der Waals surface area contributed by atoms with Crippen LogP contribution in [-0.4, -0.2) is 23.9 Å². The minimum absolute atomic E-state index is 0.0538. The summed E-state index contributed by atoms with van der Waals surface area (Å²) in [5, 5.41) is 6.08. The highest BCUT2D eigenvalue weighted by molar-refractivity contribution is 5.92. The Labute approximate surface area is 115 Å². The summed E-state index contributed by atoms with van der Waals surface area (Å²) >= 11 is 0. The Balaban J connectivity index is 1.72. The van der Waals surface area contributed by atoms with Crippen LogP contribution in [0.4, 0.5) is 0 Å². The lowest BCUT2D eigenvalue weighted by molar-refractivity contribution is -0.128. The molecule has 3 unspecified atom stereocenters. The van der Waals surface area contributed by atoms with Crippen LogP contribution in [0.25, 0.3) is 0 Å². The summed E-state index contributed by atoms with van der Waals surface area (Å²) in [5.74, 6) is -0.0158. The van der Waals surface area contributed by atoms with Gasteiger partial charge in [0.1, 0.15) is 0 Å². The van der Waals surface area contributed by atoms with Crippen LogP contribution in [0.5, 0.6) is 0 Å². The monoisotopic (exact) mass is 266 g/mol. The zero-order chi connectivity index (χ0) is 13.8. The fraction of sp³-hybridized carbons (Fsp3) is 0.867. The lowest BCUT2D eigenvalue weighted by Crippen LogP contribution is -2.39. The average molecular weight is 266 g/mol. The summed E-state index contributed by atoms with van der Waals surface area (Å²) in [6, 6.07) is 0.551. The number of nitrogens with one attached hydrogen (secondary N) is 2. The fourth-order valence-electron chi connectivity index (χ4n) is 2.78. The third kappa shape index (κ3) is 3.95. The second-order valence-electron chi connectivity index (χ2n) is 6.11. The number of rotatable bonds is 5. The summed E-state index contributed by atoms with van der Waals surface area (Å²) in [6.07, 6.45) is 7.57. The zero-order valence-electron chi connectivity index (χ0n) is 12.1. The van der Waals surface area contributed by atoms with Crippen LogP contribution in [0.1, 0.15) is 58.8 Å². The van der Waals surface area contributed by atoms with E-state index in [9.17, 15) is 9.59 Å². The van der Waals surface area contributed by atoms with Crippen molar-refractivity contribution < 1.29 is 9.59 Å². The number of amides is 2. The van der Waals surface area contributed by atoms with Crippen LogP contribution in [0, 0.1) is 11.8 Å². The van der Waals surface area contributed by atoms with E-state index in [-0.39, 0.29) is 29.7 Å². The molecule has 2 amide bonds. The van der Waals surface area contributed by atoms with Gasteiger partial charge in [-0.1, -0.05) is 26.2 Å². The third-order valence-electron chi connectivity index (χ3n) is 4.42. The molecule has 2 saturated carbocycles. The van der Waals surface area contributed by atoms with Gasteiger partial charge in [0.25, 0.3) is 0 Å². The first-order valence-corrected chi connectivity index (χ1v) is 7.72. The van der Waals surface area contributed by atoms with Crippen molar-refractivity contribution in [2.24, 2.45) is 11.8 Å². The molecular weight excluding hydrogens is 240 g/mol. The highest BCUT2D eigenvalue weighted by Crippen LogP contribution is 2.39. The van der Waals surface area contributed by atoms with Crippen molar-refractivity contribution in [1.82, 2.24) is 10.6 Å². The smallest absolute Gasteiger partial charge is 0.224 e. The topological polar surface area (TPSA) is 58.2 Å². The molecular formula is C15H26N2O2. The molecule has 2 rings (SSSR count). The van der Waals surface area contributed by atoms with Crippen molar-refractivity contribution in [3.63, 3.8) is 0 Å². The van der Waals surface area contributed by atoms with E-state index in [0.29, 0.717) is 6.04 Å². The molecule has 4 heteroatoms. The van der Waals surface area contributed by atoms with Gasteiger partial charge in [0.15, 0.2) is 0 Å². The van der Waals surface area contributed by atoms with Crippen molar-refractivity contribution in [1.29, 1.82) is 0 Å². The predicted octanol–water partition coefficient (Wildman–Crippen LogP) is 1.99. The quantitative estimate of drug-likeness (QED) is 0.799. The maximum atomic E-state index is 12.1. The number of hydrogen-bond acceptors (Lipinski definition) is 2. The van der Waals surface area contributed by atoms with E-state index < -0.39 is 0 Å². The summed E-state index contributed by atoms with van der Waals surface area (Å²) in [5.41, 5.74) is 0. The van der Waals surface area contributed by atoms with Gasteiger partial charge in [0.2, 0.25) is 11.8 Å². The van der Waals surface area contributed by atoms with Crippen LogP contribution in [0.2, 0.25) is 0 Å². The number of carbonyl (C=O) groups excluding carboxylic acids is 2. The largest absolute Gasteiger partial charge is 0.353 e. The highest BCUT2D eigenvalue weighted by Gasteiger charge is 2.48. The van der Waals surface area contributed by atoms with E-state index in [4.69, 9.17) is 0 Å². The molecule has 3 atom stereocenters. The van der Waals surface area contributed by atoms with E-state index in [1.54, 1.807) is 0 Å². The Morgan fingerprint density at radius 2 is 1.74 bits per heavy atom. The highest BCUT2D eigenvalue weighted by atomic mass is 16.2. The molecule has 2 fully saturated rings.